The van der Waals surface area contributed by atoms with Crippen molar-refractivity contribution in [3.05, 3.63) is 18.0 Å². The van der Waals surface area contributed by atoms with Gasteiger partial charge in [0.1, 0.15) is 5.78 Å². The van der Waals surface area contributed by atoms with Crippen LogP contribution in [0.5, 0.6) is 0 Å². The SMILES string of the molecule is CCC(=O)C12CCC(CN(C)Cc3cnc(N4C5CCC4CN(C(C)C)C5)nc3)(CC1)CC2. The zero-order valence-electron chi connectivity index (χ0n) is 21.2. The van der Waals surface area contributed by atoms with Crippen LogP contribution in [0.4, 0.5) is 5.95 Å². The van der Waals surface area contributed by atoms with E-state index < -0.39 is 0 Å². The monoisotopic (exact) mass is 453 g/mol. The smallest absolute Gasteiger partial charge is 0.225 e. The summed E-state index contributed by atoms with van der Waals surface area (Å²) in [4.78, 5) is 29.7. The molecule has 0 radical (unpaired) electrons. The van der Waals surface area contributed by atoms with Gasteiger partial charge in [0.25, 0.3) is 0 Å². The summed E-state index contributed by atoms with van der Waals surface area (Å²) in [6.07, 6.45) is 14.3. The lowest BCUT2D eigenvalue weighted by Gasteiger charge is -2.53. The van der Waals surface area contributed by atoms with Crippen molar-refractivity contribution in [2.24, 2.45) is 10.8 Å². The fraction of sp³-hybridized carbons (Fsp3) is 0.815. The molecule has 6 rings (SSSR count). The summed E-state index contributed by atoms with van der Waals surface area (Å²) < 4.78 is 0. The number of anilines is 1. The number of hydrogen-bond acceptors (Lipinski definition) is 6. The third-order valence-corrected chi connectivity index (χ3v) is 9.54. The summed E-state index contributed by atoms with van der Waals surface area (Å²) in [5.41, 5.74) is 1.63. The zero-order valence-corrected chi connectivity index (χ0v) is 21.2. The Kier molecular flexibility index (Phi) is 6.28. The van der Waals surface area contributed by atoms with Crippen LogP contribution in [0.15, 0.2) is 12.4 Å². The van der Waals surface area contributed by atoms with Crippen molar-refractivity contribution in [3.8, 4) is 0 Å². The number of carbonyl (C=O) groups excluding carboxylic acids is 1. The van der Waals surface area contributed by atoms with Gasteiger partial charge in [-0.15, -0.1) is 0 Å². The highest BCUT2D eigenvalue weighted by Gasteiger charge is 2.51. The van der Waals surface area contributed by atoms with E-state index in [2.05, 4.69) is 48.0 Å². The van der Waals surface area contributed by atoms with E-state index >= 15 is 0 Å². The van der Waals surface area contributed by atoms with Crippen LogP contribution in [0, 0.1) is 10.8 Å². The quantitative estimate of drug-likeness (QED) is 0.585. The van der Waals surface area contributed by atoms with E-state index in [1.165, 1.54) is 37.7 Å². The fourth-order valence-corrected chi connectivity index (χ4v) is 7.48. The standard InChI is InChI=1S/C27H43N5O/c1-5-24(33)27-11-8-26(9-12-27,10-13-27)19-30(4)16-21-14-28-25(29-15-21)32-22-6-7-23(32)18-31(17-22)20(2)3/h14-15,20,22-23H,5-13,16-19H2,1-4H3. The molecule has 2 unspecified atom stereocenters. The van der Waals surface area contributed by atoms with Crippen molar-refractivity contribution < 1.29 is 4.79 Å². The van der Waals surface area contributed by atoms with Crippen molar-refractivity contribution >= 4 is 11.7 Å². The molecule has 0 amide bonds. The van der Waals surface area contributed by atoms with Crippen molar-refractivity contribution in [1.29, 1.82) is 0 Å². The van der Waals surface area contributed by atoms with Crippen LogP contribution in [0.25, 0.3) is 0 Å². The Bertz CT molecular complexity index is 814. The lowest BCUT2D eigenvalue weighted by atomic mass is 9.52. The van der Waals surface area contributed by atoms with Crippen molar-refractivity contribution in [1.82, 2.24) is 19.8 Å². The highest BCUT2D eigenvalue weighted by Crippen LogP contribution is 2.57. The van der Waals surface area contributed by atoms with Crippen LogP contribution in [0.3, 0.4) is 0 Å². The van der Waals surface area contributed by atoms with E-state index in [4.69, 9.17) is 9.97 Å². The van der Waals surface area contributed by atoms with Gasteiger partial charge >= 0.3 is 0 Å². The van der Waals surface area contributed by atoms with Gasteiger partial charge in [-0.1, -0.05) is 6.92 Å². The molecule has 1 aromatic rings. The molecule has 2 aliphatic heterocycles. The average Bonchev–Trinajstić information content (AvgIpc) is 3.08. The molecule has 182 valence electrons. The molecule has 5 aliphatic rings. The number of nitrogens with zero attached hydrogens (tertiary/aromatic N) is 5. The van der Waals surface area contributed by atoms with Crippen LogP contribution in [-0.4, -0.2) is 70.4 Å². The Morgan fingerprint density at radius 3 is 2.15 bits per heavy atom. The molecule has 2 saturated heterocycles. The van der Waals surface area contributed by atoms with Gasteiger partial charge in [0.05, 0.1) is 0 Å². The molecule has 33 heavy (non-hydrogen) atoms. The number of aromatic nitrogens is 2. The second kappa shape index (κ2) is 8.92. The van der Waals surface area contributed by atoms with Crippen LogP contribution in [-0.2, 0) is 11.3 Å². The van der Waals surface area contributed by atoms with Gasteiger partial charge in [-0.3, -0.25) is 9.69 Å². The Labute approximate surface area is 200 Å². The van der Waals surface area contributed by atoms with E-state index in [1.54, 1.807) is 0 Å². The van der Waals surface area contributed by atoms with Gasteiger partial charge in [-0.2, -0.15) is 0 Å². The van der Waals surface area contributed by atoms with Crippen LogP contribution in [0.2, 0.25) is 0 Å². The number of ketones is 1. The number of hydrogen-bond donors (Lipinski definition) is 0. The normalized spacial score (nSPS) is 33.9. The summed E-state index contributed by atoms with van der Waals surface area (Å²) in [5.74, 6) is 1.44. The summed E-state index contributed by atoms with van der Waals surface area (Å²) in [5, 5.41) is 0. The zero-order chi connectivity index (χ0) is 23.2. The molecule has 1 aromatic heterocycles. The van der Waals surface area contributed by atoms with Crippen LogP contribution < -0.4 is 4.90 Å². The molecular formula is C27H43N5O. The Balaban J connectivity index is 1.17. The molecule has 0 spiro atoms. The minimum atomic E-state index is 0.0266. The number of rotatable bonds is 8. The first kappa shape index (κ1) is 23.2. The second-order valence-electron chi connectivity index (χ2n) is 12.0. The lowest BCUT2D eigenvalue weighted by molar-refractivity contribution is -0.138. The summed E-state index contributed by atoms with van der Waals surface area (Å²) in [7, 11) is 2.24. The Morgan fingerprint density at radius 2 is 1.64 bits per heavy atom. The van der Waals surface area contributed by atoms with E-state index in [-0.39, 0.29) is 5.41 Å². The maximum atomic E-state index is 12.5. The maximum Gasteiger partial charge on any atom is 0.225 e. The molecule has 6 nitrogen and oxygen atoms in total. The Morgan fingerprint density at radius 1 is 1.06 bits per heavy atom. The van der Waals surface area contributed by atoms with Gasteiger partial charge in [-0.25, -0.2) is 9.97 Å². The third kappa shape index (κ3) is 4.34. The minimum absolute atomic E-state index is 0.0266. The van der Waals surface area contributed by atoms with Gasteiger partial charge in [-0.05, 0) is 77.7 Å². The van der Waals surface area contributed by atoms with Crippen molar-refractivity contribution in [3.63, 3.8) is 0 Å². The van der Waals surface area contributed by atoms with Crippen LogP contribution in [0.1, 0.15) is 84.1 Å². The molecule has 3 saturated carbocycles. The van der Waals surface area contributed by atoms with Gasteiger partial charge < -0.3 is 9.80 Å². The number of likely N-dealkylation sites (tertiary alicyclic amines) is 1. The summed E-state index contributed by atoms with van der Waals surface area (Å²) in [6.45, 7) is 10.9. The largest absolute Gasteiger partial charge is 0.332 e. The molecule has 0 aromatic carbocycles. The van der Waals surface area contributed by atoms with E-state index in [0.29, 0.717) is 35.7 Å². The molecular weight excluding hydrogens is 410 g/mol. The van der Waals surface area contributed by atoms with Crippen molar-refractivity contribution in [2.45, 2.75) is 103 Å². The van der Waals surface area contributed by atoms with Crippen LogP contribution >= 0.6 is 0 Å². The molecule has 3 heterocycles. The highest BCUT2D eigenvalue weighted by molar-refractivity contribution is 5.84. The first-order valence-electron chi connectivity index (χ1n) is 13.4. The van der Waals surface area contributed by atoms with Crippen molar-refractivity contribution in [2.75, 3.05) is 31.6 Å². The van der Waals surface area contributed by atoms with E-state index in [0.717, 1.165) is 51.4 Å². The number of carbonyl (C=O) groups is 1. The molecule has 4 bridgehead atoms. The molecule has 6 heteroatoms. The third-order valence-electron chi connectivity index (χ3n) is 9.54. The first-order chi connectivity index (χ1) is 15.8. The summed E-state index contributed by atoms with van der Waals surface area (Å²) in [6, 6.07) is 1.73. The van der Waals surface area contributed by atoms with Gasteiger partial charge in [0.15, 0.2) is 0 Å². The minimum Gasteiger partial charge on any atom is -0.332 e. The number of fused-ring (bicyclic) bond motifs is 5. The molecule has 0 N–H and O–H groups in total. The lowest BCUT2D eigenvalue weighted by Crippen LogP contribution is -2.56. The summed E-state index contributed by atoms with van der Waals surface area (Å²) >= 11 is 0. The number of Topliss-reactive ketones (excluding diaryl/α,β-unsaturated/α-hetero) is 1. The van der Waals surface area contributed by atoms with Gasteiger partial charge in [0.2, 0.25) is 5.95 Å². The predicted molar refractivity (Wildman–Crippen MR) is 132 cm³/mol. The fourth-order valence-electron chi connectivity index (χ4n) is 7.48. The highest BCUT2D eigenvalue weighted by atomic mass is 16.1. The predicted octanol–water partition coefficient (Wildman–Crippen LogP) is 4.29. The Hall–Kier alpha value is -1.53. The first-order valence-corrected chi connectivity index (χ1v) is 13.4. The molecule has 2 atom stereocenters. The average molecular weight is 454 g/mol. The molecule has 3 aliphatic carbocycles. The molecule has 5 fully saturated rings. The maximum absolute atomic E-state index is 12.5. The van der Waals surface area contributed by atoms with Gasteiger partial charge in [0, 0.05) is 74.1 Å². The topological polar surface area (TPSA) is 52.6 Å². The van der Waals surface area contributed by atoms with E-state index in [9.17, 15) is 4.79 Å². The second-order valence-corrected chi connectivity index (χ2v) is 12.0. The number of piperazine rings is 1. The van der Waals surface area contributed by atoms with E-state index in [1.807, 2.05) is 6.92 Å².